The summed E-state index contributed by atoms with van der Waals surface area (Å²) in [7, 11) is 2.19. The van der Waals surface area contributed by atoms with Crippen LogP contribution in [0.2, 0.25) is 0 Å². The highest BCUT2D eigenvalue weighted by Gasteiger charge is 2.13. The average molecular weight is 220 g/mol. The van der Waals surface area contributed by atoms with Gasteiger partial charge >= 0.3 is 0 Å². The zero-order chi connectivity index (χ0) is 11.8. The van der Waals surface area contributed by atoms with Crippen molar-refractivity contribution in [2.45, 2.75) is 20.4 Å². The summed E-state index contributed by atoms with van der Waals surface area (Å²) in [5.41, 5.74) is 1.43. The first-order chi connectivity index (χ1) is 7.84. The lowest BCUT2D eigenvalue weighted by Gasteiger charge is -2.32. The van der Waals surface area contributed by atoms with Crippen LogP contribution >= 0.6 is 0 Å². The molecule has 16 heavy (non-hydrogen) atoms. The fraction of sp³-hybridized carbons (Fsp3) is 0.571. The number of benzene rings is 1. The Balaban J connectivity index is 0.000000606. The smallest absolute Gasteiger partial charge is 0.0234 e. The van der Waals surface area contributed by atoms with E-state index in [4.69, 9.17) is 0 Å². The third-order valence-electron chi connectivity index (χ3n) is 2.84. The Morgan fingerprint density at radius 2 is 1.50 bits per heavy atom. The lowest BCUT2D eigenvalue weighted by atomic mass is 10.2. The molecule has 2 rings (SSSR count). The summed E-state index contributed by atoms with van der Waals surface area (Å²) in [5.74, 6) is 0. The second-order valence-corrected chi connectivity index (χ2v) is 4.07. The van der Waals surface area contributed by atoms with E-state index in [1.54, 1.807) is 0 Å². The molecule has 0 N–H and O–H groups in total. The predicted octanol–water partition coefficient (Wildman–Crippen LogP) is 2.46. The van der Waals surface area contributed by atoms with Crippen molar-refractivity contribution in [2.75, 3.05) is 33.2 Å². The standard InChI is InChI=1S/C12H18N2.C2H6/c1-13-7-9-14(10-8-13)11-12-5-3-2-4-6-12;1-2/h2-6H,7-11H2,1H3;1-2H3. The first-order valence-corrected chi connectivity index (χ1v) is 6.29. The molecule has 90 valence electrons. The molecule has 1 aromatic carbocycles. The fourth-order valence-corrected chi connectivity index (χ4v) is 1.85. The van der Waals surface area contributed by atoms with Gasteiger partial charge in [0.2, 0.25) is 0 Å². The van der Waals surface area contributed by atoms with Gasteiger partial charge in [0.15, 0.2) is 0 Å². The summed E-state index contributed by atoms with van der Waals surface area (Å²) in [6.45, 7) is 9.91. The maximum absolute atomic E-state index is 2.52. The fourth-order valence-electron chi connectivity index (χ4n) is 1.85. The molecule has 0 aromatic heterocycles. The van der Waals surface area contributed by atoms with Crippen molar-refractivity contribution < 1.29 is 0 Å². The summed E-state index contributed by atoms with van der Waals surface area (Å²) < 4.78 is 0. The molecule has 1 aliphatic rings. The van der Waals surface area contributed by atoms with E-state index in [9.17, 15) is 0 Å². The predicted molar refractivity (Wildman–Crippen MR) is 70.6 cm³/mol. The molecule has 0 radical (unpaired) electrons. The van der Waals surface area contributed by atoms with Crippen molar-refractivity contribution in [1.29, 1.82) is 0 Å². The van der Waals surface area contributed by atoms with Crippen LogP contribution in [0.5, 0.6) is 0 Å². The lowest BCUT2D eigenvalue weighted by molar-refractivity contribution is 0.148. The zero-order valence-electron chi connectivity index (χ0n) is 10.8. The van der Waals surface area contributed by atoms with Crippen LogP contribution in [0.15, 0.2) is 30.3 Å². The summed E-state index contributed by atoms with van der Waals surface area (Å²) >= 11 is 0. The average Bonchev–Trinajstić information content (AvgIpc) is 2.36. The summed E-state index contributed by atoms with van der Waals surface area (Å²) in [6, 6.07) is 10.7. The molecule has 0 aliphatic carbocycles. The van der Waals surface area contributed by atoms with E-state index in [0.717, 1.165) is 6.54 Å². The van der Waals surface area contributed by atoms with Crippen molar-refractivity contribution in [3.05, 3.63) is 35.9 Å². The molecular formula is C14H24N2. The molecule has 2 heteroatoms. The van der Waals surface area contributed by atoms with Crippen molar-refractivity contribution in [2.24, 2.45) is 0 Å². The molecule has 0 saturated carbocycles. The minimum Gasteiger partial charge on any atom is -0.304 e. The van der Waals surface area contributed by atoms with E-state index in [-0.39, 0.29) is 0 Å². The maximum Gasteiger partial charge on any atom is 0.0234 e. The molecule has 1 aromatic rings. The van der Waals surface area contributed by atoms with Gasteiger partial charge in [-0.2, -0.15) is 0 Å². The minimum absolute atomic E-state index is 1.11. The Labute approximate surface area is 99.9 Å². The molecular weight excluding hydrogens is 196 g/mol. The van der Waals surface area contributed by atoms with Gasteiger partial charge in [-0.1, -0.05) is 44.2 Å². The number of likely N-dealkylation sites (N-methyl/N-ethyl adjacent to an activating group) is 1. The Hall–Kier alpha value is -0.860. The van der Waals surface area contributed by atoms with E-state index in [1.165, 1.54) is 31.7 Å². The Morgan fingerprint density at radius 1 is 0.938 bits per heavy atom. The molecule has 1 fully saturated rings. The first-order valence-electron chi connectivity index (χ1n) is 6.29. The van der Waals surface area contributed by atoms with Crippen LogP contribution in [0.25, 0.3) is 0 Å². The van der Waals surface area contributed by atoms with Gasteiger partial charge in [0.05, 0.1) is 0 Å². The van der Waals surface area contributed by atoms with Crippen LogP contribution < -0.4 is 0 Å². The van der Waals surface area contributed by atoms with E-state index in [0.29, 0.717) is 0 Å². The second kappa shape index (κ2) is 7.42. The van der Waals surface area contributed by atoms with Crippen LogP contribution in [-0.4, -0.2) is 43.0 Å². The normalized spacial score (nSPS) is 17.7. The highest BCUT2D eigenvalue weighted by molar-refractivity contribution is 5.14. The quantitative estimate of drug-likeness (QED) is 0.755. The van der Waals surface area contributed by atoms with Crippen molar-refractivity contribution in [3.8, 4) is 0 Å². The largest absolute Gasteiger partial charge is 0.304 e. The number of rotatable bonds is 2. The Bertz CT molecular complexity index is 263. The Kier molecular flexibility index (Phi) is 6.12. The van der Waals surface area contributed by atoms with E-state index >= 15 is 0 Å². The molecule has 2 nitrogen and oxygen atoms in total. The van der Waals surface area contributed by atoms with Gasteiger partial charge in [0, 0.05) is 32.7 Å². The third kappa shape index (κ3) is 4.33. The minimum atomic E-state index is 1.11. The summed E-state index contributed by atoms with van der Waals surface area (Å²) in [6.07, 6.45) is 0. The van der Waals surface area contributed by atoms with Crippen LogP contribution in [0.1, 0.15) is 19.4 Å². The molecule has 0 amide bonds. The number of piperazine rings is 1. The molecule has 0 atom stereocenters. The van der Waals surface area contributed by atoms with Gasteiger partial charge in [-0.05, 0) is 12.6 Å². The summed E-state index contributed by atoms with van der Waals surface area (Å²) in [4.78, 5) is 4.91. The monoisotopic (exact) mass is 220 g/mol. The van der Waals surface area contributed by atoms with Gasteiger partial charge in [-0.3, -0.25) is 4.90 Å². The van der Waals surface area contributed by atoms with Crippen LogP contribution in [0.3, 0.4) is 0 Å². The molecule has 0 bridgehead atoms. The van der Waals surface area contributed by atoms with E-state index in [2.05, 4.69) is 47.2 Å². The number of nitrogens with zero attached hydrogens (tertiary/aromatic N) is 2. The molecule has 0 unspecified atom stereocenters. The first kappa shape index (κ1) is 13.2. The van der Waals surface area contributed by atoms with Crippen molar-refractivity contribution in [1.82, 2.24) is 9.80 Å². The van der Waals surface area contributed by atoms with Gasteiger partial charge < -0.3 is 4.90 Å². The molecule has 1 saturated heterocycles. The number of hydrogen-bond acceptors (Lipinski definition) is 2. The van der Waals surface area contributed by atoms with Crippen LogP contribution in [-0.2, 0) is 6.54 Å². The van der Waals surface area contributed by atoms with Gasteiger partial charge in [-0.25, -0.2) is 0 Å². The molecule has 1 heterocycles. The highest BCUT2D eigenvalue weighted by Crippen LogP contribution is 2.06. The van der Waals surface area contributed by atoms with Crippen LogP contribution in [0, 0.1) is 0 Å². The van der Waals surface area contributed by atoms with Gasteiger partial charge in [-0.15, -0.1) is 0 Å². The Morgan fingerprint density at radius 3 is 2.06 bits per heavy atom. The van der Waals surface area contributed by atoms with Crippen molar-refractivity contribution >= 4 is 0 Å². The van der Waals surface area contributed by atoms with Gasteiger partial charge in [0.25, 0.3) is 0 Å². The molecule has 1 aliphatic heterocycles. The highest BCUT2D eigenvalue weighted by atomic mass is 15.2. The van der Waals surface area contributed by atoms with E-state index in [1.807, 2.05) is 13.8 Å². The second-order valence-electron chi connectivity index (χ2n) is 4.07. The topological polar surface area (TPSA) is 6.48 Å². The summed E-state index contributed by atoms with van der Waals surface area (Å²) in [5, 5.41) is 0. The van der Waals surface area contributed by atoms with Crippen LogP contribution in [0.4, 0.5) is 0 Å². The maximum atomic E-state index is 2.52. The van der Waals surface area contributed by atoms with Crippen molar-refractivity contribution in [3.63, 3.8) is 0 Å². The van der Waals surface area contributed by atoms with Gasteiger partial charge in [0.1, 0.15) is 0 Å². The number of hydrogen-bond donors (Lipinski definition) is 0. The third-order valence-corrected chi connectivity index (χ3v) is 2.84. The SMILES string of the molecule is CC.CN1CCN(Cc2ccccc2)CC1. The zero-order valence-corrected chi connectivity index (χ0v) is 10.8. The molecule has 0 spiro atoms. The lowest BCUT2D eigenvalue weighted by Crippen LogP contribution is -2.43. The van der Waals surface area contributed by atoms with E-state index < -0.39 is 0 Å².